The lowest BCUT2D eigenvalue weighted by Crippen LogP contribution is -2.28. The van der Waals surface area contributed by atoms with Crippen LogP contribution in [0.3, 0.4) is 0 Å². The molecular weight excluding hydrogens is 689 g/mol. The van der Waals surface area contributed by atoms with Crippen molar-refractivity contribution in [1.82, 2.24) is 4.57 Å². The first-order valence-electron chi connectivity index (χ1n) is 19.7. The molecule has 0 radical (unpaired) electrons. The summed E-state index contributed by atoms with van der Waals surface area (Å²) >= 11 is 0. The van der Waals surface area contributed by atoms with Crippen molar-refractivity contribution >= 4 is 38.9 Å². The molecule has 1 heterocycles. The number of hydrogen-bond donors (Lipinski definition) is 0. The van der Waals surface area contributed by atoms with E-state index in [1.807, 2.05) is 0 Å². The van der Waals surface area contributed by atoms with E-state index < -0.39 is 5.41 Å². The molecule has 2 heteroatoms. The van der Waals surface area contributed by atoms with Crippen molar-refractivity contribution in [3.05, 3.63) is 253 Å². The third kappa shape index (κ3) is 5.11. The van der Waals surface area contributed by atoms with Crippen LogP contribution in [-0.2, 0) is 5.41 Å². The Balaban J connectivity index is 1.04. The van der Waals surface area contributed by atoms with Crippen LogP contribution in [0.2, 0.25) is 0 Å². The highest BCUT2D eigenvalue weighted by atomic mass is 15.1. The summed E-state index contributed by atoms with van der Waals surface area (Å²) in [4.78, 5) is 2.36. The molecule has 0 unspecified atom stereocenters. The second kappa shape index (κ2) is 13.4. The van der Waals surface area contributed by atoms with Gasteiger partial charge in [0.1, 0.15) is 0 Å². The minimum Gasteiger partial charge on any atom is -0.311 e. The molecule has 268 valence electrons. The number of aromatic nitrogens is 1. The zero-order valence-corrected chi connectivity index (χ0v) is 31.3. The second-order valence-electron chi connectivity index (χ2n) is 14.9. The maximum atomic E-state index is 2.41. The van der Waals surface area contributed by atoms with Crippen LogP contribution >= 0.6 is 0 Å². The Bertz CT molecular complexity index is 2990. The van der Waals surface area contributed by atoms with E-state index in [1.54, 1.807) is 0 Å². The third-order valence-electron chi connectivity index (χ3n) is 11.9. The van der Waals surface area contributed by atoms with Crippen molar-refractivity contribution in [3.63, 3.8) is 0 Å². The molecule has 0 saturated carbocycles. The second-order valence-corrected chi connectivity index (χ2v) is 14.9. The fourth-order valence-electron chi connectivity index (χ4n) is 9.48. The van der Waals surface area contributed by atoms with Crippen LogP contribution in [-0.4, -0.2) is 4.57 Å². The highest BCUT2D eigenvalue weighted by Gasteiger charge is 2.45. The van der Waals surface area contributed by atoms with E-state index in [9.17, 15) is 0 Å². The van der Waals surface area contributed by atoms with Gasteiger partial charge < -0.3 is 9.47 Å². The Hall–Kier alpha value is -7.42. The van der Waals surface area contributed by atoms with Crippen LogP contribution in [0.1, 0.15) is 22.3 Å². The van der Waals surface area contributed by atoms with Gasteiger partial charge in [-0.25, -0.2) is 0 Å². The molecule has 0 fully saturated rings. The molecule has 0 bridgehead atoms. The first kappa shape index (κ1) is 33.0. The quantitative estimate of drug-likeness (QED) is 0.159. The summed E-state index contributed by atoms with van der Waals surface area (Å²) in [5.41, 5.74) is 16.6. The van der Waals surface area contributed by atoms with Gasteiger partial charge in [0.05, 0.1) is 16.4 Å². The fraction of sp³-hybridized carbons (Fsp3) is 0.0182. The highest BCUT2D eigenvalue weighted by Crippen LogP contribution is 2.56. The van der Waals surface area contributed by atoms with Gasteiger partial charge >= 0.3 is 0 Å². The van der Waals surface area contributed by atoms with E-state index in [1.165, 1.54) is 66.3 Å². The van der Waals surface area contributed by atoms with E-state index in [4.69, 9.17) is 0 Å². The van der Waals surface area contributed by atoms with E-state index in [0.717, 1.165) is 22.7 Å². The van der Waals surface area contributed by atoms with Crippen LogP contribution in [0, 0.1) is 0 Å². The average Bonchev–Trinajstić information content (AvgIpc) is 3.79. The number of para-hydroxylation sites is 4. The maximum Gasteiger partial charge on any atom is 0.0713 e. The van der Waals surface area contributed by atoms with Crippen LogP contribution < -0.4 is 4.90 Å². The number of fused-ring (bicyclic) bond motifs is 6. The molecule has 0 atom stereocenters. The minimum absolute atomic E-state index is 0.435. The summed E-state index contributed by atoms with van der Waals surface area (Å²) < 4.78 is 2.41. The van der Waals surface area contributed by atoms with Gasteiger partial charge in [-0.1, -0.05) is 176 Å². The molecule has 1 aromatic heterocycles. The van der Waals surface area contributed by atoms with Crippen molar-refractivity contribution in [2.45, 2.75) is 5.41 Å². The molecule has 0 saturated heterocycles. The number of anilines is 3. The molecule has 0 spiro atoms. The lowest BCUT2D eigenvalue weighted by atomic mass is 9.68. The third-order valence-corrected chi connectivity index (χ3v) is 11.9. The first-order valence-corrected chi connectivity index (χ1v) is 19.7. The van der Waals surface area contributed by atoms with Gasteiger partial charge in [-0.3, -0.25) is 0 Å². The molecular formula is C55H38N2. The van der Waals surface area contributed by atoms with Crippen LogP contribution in [0.25, 0.3) is 49.7 Å². The molecule has 0 amide bonds. The zero-order valence-electron chi connectivity index (χ0n) is 31.3. The fourth-order valence-corrected chi connectivity index (χ4v) is 9.48. The molecule has 1 aliphatic rings. The smallest absolute Gasteiger partial charge is 0.0713 e. The molecule has 2 nitrogen and oxygen atoms in total. The number of rotatable bonds is 7. The Morgan fingerprint density at radius 1 is 0.333 bits per heavy atom. The Morgan fingerprint density at radius 2 is 0.807 bits per heavy atom. The van der Waals surface area contributed by atoms with E-state index >= 15 is 0 Å². The maximum absolute atomic E-state index is 2.41. The highest BCUT2D eigenvalue weighted by molar-refractivity contribution is 6.13. The molecule has 57 heavy (non-hydrogen) atoms. The summed E-state index contributed by atoms with van der Waals surface area (Å²) in [7, 11) is 0. The van der Waals surface area contributed by atoms with Crippen LogP contribution in [0.15, 0.2) is 231 Å². The summed E-state index contributed by atoms with van der Waals surface area (Å²) in [6.07, 6.45) is 0. The number of nitrogens with zero attached hydrogens (tertiary/aromatic N) is 2. The Kier molecular flexibility index (Phi) is 7.75. The predicted molar refractivity (Wildman–Crippen MR) is 238 cm³/mol. The summed E-state index contributed by atoms with van der Waals surface area (Å²) in [5, 5.41) is 2.51. The predicted octanol–water partition coefficient (Wildman–Crippen LogP) is 14.3. The van der Waals surface area contributed by atoms with Crippen molar-refractivity contribution < 1.29 is 0 Å². The van der Waals surface area contributed by atoms with Gasteiger partial charge in [0, 0.05) is 39.1 Å². The normalized spacial score (nSPS) is 12.7. The molecule has 11 rings (SSSR count). The summed E-state index contributed by atoms with van der Waals surface area (Å²) in [6.45, 7) is 0. The number of hydrogen-bond acceptors (Lipinski definition) is 1. The van der Waals surface area contributed by atoms with Gasteiger partial charge in [0.15, 0.2) is 0 Å². The summed E-state index contributed by atoms with van der Waals surface area (Å²) in [5.74, 6) is 0. The van der Waals surface area contributed by atoms with E-state index in [0.29, 0.717) is 0 Å². The van der Waals surface area contributed by atoms with E-state index in [2.05, 4.69) is 240 Å². The van der Waals surface area contributed by atoms with E-state index in [-0.39, 0.29) is 0 Å². The average molecular weight is 727 g/mol. The van der Waals surface area contributed by atoms with Gasteiger partial charge in [0.2, 0.25) is 0 Å². The molecule has 1 aliphatic carbocycles. The lowest BCUT2D eigenvalue weighted by molar-refractivity contribution is 0.768. The molecule has 0 aliphatic heterocycles. The van der Waals surface area contributed by atoms with Crippen molar-refractivity contribution in [3.8, 4) is 27.9 Å². The molecule has 10 aromatic rings. The number of benzene rings is 9. The summed E-state index contributed by atoms with van der Waals surface area (Å²) in [6, 6.07) is 84.0. The Morgan fingerprint density at radius 3 is 1.47 bits per heavy atom. The standard InChI is InChI=1S/C55H38N2/c1-4-17-40(18-5-1)55(51-28-13-10-23-47(51)48-24-11-14-29-52(48)55)41-33-37-45(38-34-41)56(42-19-6-2-7-20-42)44-35-31-39(32-36-44)46-26-16-27-50-49-25-12-15-30-53(49)57(54(46)50)43-21-8-3-9-22-43/h1-38H. The van der Waals surface area contributed by atoms with Gasteiger partial charge in [-0.15, -0.1) is 0 Å². The largest absolute Gasteiger partial charge is 0.311 e. The Labute approximate surface area is 333 Å². The van der Waals surface area contributed by atoms with Gasteiger partial charge in [-0.05, 0) is 93.5 Å². The zero-order chi connectivity index (χ0) is 37.8. The monoisotopic (exact) mass is 726 g/mol. The van der Waals surface area contributed by atoms with Crippen LogP contribution in [0.4, 0.5) is 17.1 Å². The molecule has 0 N–H and O–H groups in total. The minimum atomic E-state index is -0.435. The van der Waals surface area contributed by atoms with Crippen molar-refractivity contribution in [2.75, 3.05) is 4.90 Å². The molecule has 9 aromatic carbocycles. The van der Waals surface area contributed by atoms with Gasteiger partial charge in [0.25, 0.3) is 0 Å². The van der Waals surface area contributed by atoms with Crippen molar-refractivity contribution in [1.29, 1.82) is 0 Å². The lowest BCUT2D eigenvalue weighted by Gasteiger charge is -2.34. The first-order chi connectivity index (χ1) is 28.3. The topological polar surface area (TPSA) is 8.17 Å². The van der Waals surface area contributed by atoms with Crippen molar-refractivity contribution in [2.24, 2.45) is 0 Å². The van der Waals surface area contributed by atoms with Crippen LogP contribution in [0.5, 0.6) is 0 Å². The SMILES string of the molecule is c1ccc(N(c2ccc(-c3cccc4c5ccccc5n(-c5ccccc5)c34)cc2)c2ccc(C3(c4ccccc4)c4ccccc4-c4ccccc43)cc2)cc1. The van der Waals surface area contributed by atoms with Gasteiger partial charge in [-0.2, -0.15) is 0 Å².